The zero-order valence-corrected chi connectivity index (χ0v) is 26.8. The molecule has 1 saturated carbocycles. The third-order valence-electron chi connectivity index (χ3n) is 8.49. The molecule has 4 unspecified atom stereocenters. The van der Waals surface area contributed by atoms with Crippen molar-refractivity contribution in [1.82, 2.24) is 30.2 Å². The summed E-state index contributed by atoms with van der Waals surface area (Å²) >= 11 is 0. The molecular formula is C31H42N6O7S. The number of amides is 3. The van der Waals surface area contributed by atoms with Crippen LogP contribution in [0.2, 0.25) is 0 Å². The summed E-state index contributed by atoms with van der Waals surface area (Å²) in [4.78, 5) is 60.7. The van der Waals surface area contributed by atoms with Crippen LogP contribution in [-0.4, -0.2) is 82.7 Å². The maximum absolute atomic E-state index is 13.8. The molecule has 2 fully saturated rings. The van der Waals surface area contributed by atoms with Crippen LogP contribution in [0.5, 0.6) is 0 Å². The molecule has 2 aliphatic rings. The Morgan fingerprint density at radius 3 is 2.20 bits per heavy atom. The van der Waals surface area contributed by atoms with Gasteiger partial charge in [-0.15, -0.1) is 0 Å². The molecule has 1 aromatic heterocycles. The summed E-state index contributed by atoms with van der Waals surface area (Å²) in [5.74, 6) is -4.36. The second-order valence-corrected chi connectivity index (χ2v) is 14.9. The Balaban J connectivity index is 1.53. The third kappa shape index (κ3) is 8.23. The van der Waals surface area contributed by atoms with Gasteiger partial charge in [0, 0.05) is 25.5 Å². The highest BCUT2D eigenvalue weighted by Gasteiger charge is 2.46. The highest BCUT2D eigenvalue weighted by molar-refractivity contribution is 7.89. The fraction of sp³-hybridized carbons (Fsp3) is 0.548. The number of sulfonamides is 1. The van der Waals surface area contributed by atoms with Crippen LogP contribution < -0.4 is 16.0 Å². The van der Waals surface area contributed by atoms with Gasteiger partial charge in [-0.2, -0.15) is 4.31 Å². The van der Waals surface area contributed by atoms with E-state index in [0.717, 1.165) is 42.0 Å². The topological polar surface area (TPSA) is 188 Å². The second kappa shape index (κ2) is 14.0. The summed E-state index contributed by atoms with van der Waals surface area (Å²) < 4.78 is 27.7. The van der Waals surface area contributed by atoms with E-state index in [9.17, 15) is 32.7 Å². The van der Waals surface area contributed by atoms with Crippen molar-refractivity contribution in [3.63, 3.8) is 0 Å². The summed E-state index contributed by atoms with van der Waals surface area (Å²) in [5.41, 5.74) is 0.108. The molecule has 2 heterocycles. The number of aliphatic carboxylic acids is 1. The van der Waals surface area contributed by atoms with Crippen LogP contribution >= 0.6 is 0 Å². The van der Waals surface area contributed by atoms with Crippen LogP contribution in [-0.2, 0) is 24.4 Å². The van der Waals surface area contributed by atoms with Crippen LogP contribution in [0.1, 0.15) is 68.9 Å². The summed E-state index contributed by atoms with van der Waals surface area (Å²) in [5, 5.41) is 18.3. The molecule has 1 aromatic carbocycles. The number of carboxylic acid groups (broad SMARTS) is 1. The number of carbonyl (C=O) groups excluding carboxylic acids is 3. The number of aryl methyl sites for hydroxylation is 1. The molecule has 3 amide bonds. The molecule has 4 N–H and O–H groups in total. The summed E-state index contributed by atoms with van der Waals surface area (Å²) in [6, 6.07) is 3.13. The number of hydrogen-bond acceptors (Lipinski definition) is 8. The van der Waals surface area contributed by atoms with Gasteiger partial charge in [0.1, 0.15) is 17.8 Å². The lowest BCUT2D eigenvalue weighted by atomic mass is 9.82. The van der Waals surface area contributed by atoms with Gasteiger partial charge < -0.3 is 21.1 Å². The van der Waals surface area contributed by atoms with Crippen LogP contribution in [0.15, 0.2) is 47.8 Å². The molecule has 1 aliphatic carbocycles. The second-order valence-electron chi connectivity index (χ2n) is 12.9. The zero-order chi connectivity index (χ0) is 32.9. The van der Waals surface area contributed by atoms with Crippen molar-refractivity contribution in [2.75, 3.05) is 13.1 Å². The van der Waals surface area contributed by atoms with Gasteiger partial charge in [-0.25, -0.2) is 13.4 Å². The van der Waals surface area contributed by atoms with E-state index in [1.165, 1.54) is 30.7 Å². The predicted molar refractivity (Wildman–Crippen MR) is 164 cm³/mol. The predicted octanol–water partition coefficient (Wildman–Crippen LogP) is 1.88. The van der Waals surface area contributed by atoms with E-state index in [0.29, 0.717) is 0 Å². The molecule has 1 aliphatic heterocycles. The molecule has 244 valence electrons. The van der Waals surface area contributed by atoms with Crippen molar-refractivity contribution in [3.8, 4) is 0 Å². The lowest BCUT2D eigenvalue weighted by molar-refractivity contribution is -0.142. The van der Waals surface area contributed by atoms with E-state index >= 15 is 0 Å². The normalized spacial score (nSPS) is 21.0. The molecule has 4 atom stereocenters. The summed E-state index contributed by atoms with van der Waals surface area (Å²) in [6.07, 6.45) is 8.39. The minimum Gasteiger partial charge on any atom is -0.481 e. The first-order valence-electron chi connectivity index (χ1n) is 15.2. The number of nitrogens with zero attached hydrogens (tertiary/aromatic N) is 3. The first-order chi connectivity index (χ1) is 21.2. The number of carbonyl (C=O) groups is 4. The number of hydrogen-bond donors (Lipinski definition) is 4. The lowest BCUT2D eigenvalue weighted by Crippen LogP contribution is -2.61. The smallest absolute Gasteiger partial charge is 0.309 e. The van der Waals surface area contributed by atoms with Crippen molar-refractivity contribution >= 4 is 33.7 Å². The van der Waals surface area contributed by atoms with E-state index in [4.69, 9.17) is 0 Å². The Labute approximate surface area is 263 Å². The Morgan fingerprint density at radius 2 is 1.62 bits per heavy atom. The largest absolute Gasteiger partial charge is 0.481 e. The molecule has 1 saturated heterocycles. The average molecular weight is 643 g/mol. The SMILES string of the molecule is Cc1ccc(S(=O)(=O)N2CC(NC(=O)C(NC(=O)C(NC(=O)c3cnccn3)C3CCCCC3)C(C)(C)C)C(C(=O)O)C2)cc1. The van der Waals surface area contributed by atoms with Gasteiger partial charge in [-0.05, 0) is 43.2 Å². The van der Waals surface area contributed by atoms with Crippen LogP contribution in [0, 0.1) is 24.2 Å². The van der Waals surface area contributed by atoms with E-state index < -0.39 is 63.2 Å². The number of aromatic nitrogens is 2. The molecule has 4 rings (SSSR count). The average Bonchev–Trinajstić information content (AvgIpc) is 3.44. The van der Waals surface area contributed by atoms with Crippen molar-refractivity contribution < 1.29 is 32.7 Å². The Morgan fingerprint density at radius 1 is 0.956 bits per heavy atom. The maximum Gasteiger partial charge on any atom is 0.309 e. The highest BCUT2D eigenvalue weighted by atomic mass is 32.2. The number of benzene rings is 1. The first kappa shape index (κ1) is 34.0. The van der Waals surface area contributed by atoms with Crippen LogP contribution in [0.4, 0.5) is 0 Å². The molecule has 14 heteroatoms. The van der Waals surface area contributed by atoms with Gasteiger partial charge in [-0.1, -0.05) is 57.7 Å². The molecule has 2 aromatic rings. The Bertz CT molecular complexity index is 1490. The van der Waals surface area contributed by atoms with Gasteiger partial charge in [0.25, 0.3) is 5.91 Å². The molecule has 0 bridgehead atoms. The minimum atomic E-state index is -4.02. The Kier molecular flexibility index (Phi) is 10.6. The molecule has 0 spiro atoms. The van der Waals surface area contributed by atoms with Crippen LogP contribution in [0.25, 0.3) is 0 Å². The molecule has 13 nitrogen and oxygen atoms in total. The van der Waals surface area contributed by atoms with Gasteiger partial charge in [-0.3, -0.25) is 24.2 Å². The van der Waals surface area contributed by atoms with Gasteiger partial charge in [0.15, 0.2) is 0 Å². The quantitative estimate of drug-likeness (QED) is 0.300. The van der Waals surface area contributed by atoms with E-state index in [2.05, 4.69) is 25.9 Å². The van der Waals surface area contributed by atoms with Gasteiger partial charge >= 0.3 is 5.97 Å². The fourth-order valence-corrected chi connectivity index (χ4v) is 7.38. The van der Waals surface area contributed by atoms with Crippen molar-refractivity contribution in [2.45, 2.75) is 82.8 Å². The first-order valence-corrected chi connectivity index (χ1v) is 16.6. The minimum absolute atomic E-state index is 0.0290. The van der Waals surface area contributed by atoms with Crippen molar-refractivity contribution in [2.24, 2.45) is 17.3 Å². The third-order valence-corrected chi connectivity index (χ3v) is 10.3. The molecule has 0 radical (unpaired) electrons. The monoisotopic (exact) mass is 642 g/mol. The standard InChI is InChI=1S/C31H42N6O7S/c1-19-10-12-21(13-11-19)45(43,44)37-17-22(30(41)42)24(18-37)34-29(40)26(31(2,3)4)36-28(39)25(20-8-6-5-7-9-20)35-27(38)23-16-32-14-15-33-23/h10-16,20,22,24-26H,5-9,17-18H2,1-4H3,(H,34,40)(H,35,38)(H,36,39)(H,41,42). The number of nitrogens with one attached hydrogen (secondary N) is 3. The lowest BCUT2D eigenvalue weighted by Gasteiger charge is -2.35. The summed E-state index contributed by atoms with van der Waals surface area (Å²) in [7, 11) is -4.02. The highest BCUT2D eigenvalue weighted by Crippen LogP contribution is 2.29. The van der Waals surface area contributed by atoms with E-state index in [1.54, 1.807) is 32.9 Å². The van der Waals surface area contributed by atoms with Crippen LogP contribution in [0.3, 0.4) is 0 Å². The maximum atomic E-state index is 13.8. The van der Waals surface area contributed by atoms with E-state index in [-0.39, 0.29) is 29.6 Å². The summed E-state index contributed by atoms with van der Waals surface area (Å²) in [6.45, 7) is 6.52. The fourth-order valence-electron chi connectivity index (χ4n) is 5.89. The van der Waals surface area contributed by atoms with Gasteiger partial charge in [0.05, 0.1) is 23.1 Å². The molecular weight excluding hydrogens is 600 g/mol. The van der Waals surface area contributed by atoms with Crippen molar-refractivity contribution in [3.05, 3.63) is 54.1 Å². The van der Waals surface area contributed by atoms with E-state index in [1.807, 2.05) is 6.92 Å². The number of carboxylic acids is 1. The zero-order valence-electron chi connectivity index (χ0n) is 26.0. The molecule has 45 heavy (non-hydrogen) atoms. The Hall–Kier alpha value is -3.91. The van der Waals surface area contributed by atoms with Gasteiger partial charge in [0.2, 0.25) is 21.8 Å². The number of rotatable bonds is 10. The van der Waals surface area contributed by atoms with Crippen molar-refractivity contribution in [1.29, 1.82) is 0 Å².